The summed E-state index contributed by atoms with van der Waals surface area (Å²) in [6.07, 6.45) is 0.735. The van der Waals surface area contributed by atoms with Crippen LogP contribution in [0.15, 0.2) is 31.6 Å². The van der Waals surface area contributed by atoms with Crippen molar-refractivity contribution in [3.63, 3.8) is 0 Å². The fraction of sp³-hybridized carbons (Fsp3) is 0.385. The van der Waals surface area contributed by atoms with Crippen molar-refractivity contribution >= 4 is 31.9 Å². The van der Waals surface area contributed by atoms with Gasteiger partial charge in [0.25, 0.3) is 0 Å². The number of nitrogens with one attached hydrogen (secondary N) is 1. The van der Waals surface area contributed by atoms with Gasteiger partial charge in [-0.25, -0.2) is 0 Å². The van der Waals surface area contributed by atoms with Gasteiger partial charge in [0, 0.05) is 28.0 Å². The summed E-state index contributed by atoms with van der Waals surface area (Å²) in [5, 5.41) is 11.5. The maximum atomic E-state index is 5.66. The van der Waals surface area contributed by atoms with E-state index in [9.17, 15) is 0 Å². The lowest BCUT2D eigenvalue weighted by Crippen LogP contribution is -2.25. The molecule has 4 nitrogen and oxygen atoms in total. The minimum atomic E-state index is 0.461. The summed E-state index contributed by atoms with van der Waals surface area (Å²) in [5.41, 5.74) is 0.902. The fourth-order valence-corrected chi connectivity index (χ4v) is 2.81. The van der Waals surface area contributed by atoms with Gasteiger partial charge in [0.15, 0.2) is 0 Å². The molecule has 2 aromatic rings. The quantitative estimate of drug-likeness (QED) is 0.846. The maximum absolute atomic E-state index is 5.66. The number of hydrogen-bond acceptors (Lipinski definition) is 4. The molecule has 1 aromatic heterocycles. The summed E-state index contributed by atoms with van der Waals surface area (Å²) in [4.78, 5) is 0. The van der Waals surface area contributed by atoms with Crippen LogP contribution in [0.3, 0.4) is 0 Å². The van der Waals surface area contributed by atoms with Gasteiger partial charge >= 0.3 is 0 Å². The normalized spacial score (nSPS) is 11.2. The zero-order valence-corrected chi connectivity index (χ0v) is 14.0. The SMILES string of the molecule is CC(C)NCCc1nnc(-c2ccc(Br)cc2Br)o1. The Kier molecular flexibility index (Phi) is 5.13. The molecule has 0 aliphatic carbocycles. The zero-order chi connectivity index (χ0) is 13.8. The van der Waals surface area contributed by atoms with Crippen LogP contribution in [-0.4, -0.2) is 22.8 Å². The Hall–Kier alpha value is -0.720. The summed E-state index contributed by atoms with van der Waals surface area (Å²) in [6.45, 7) is 5.05. The van der Waals surface area contributed by atoms with Crippen molar-refractivity contribution in [1.29, 1.82) is 0 Å². The van der Waals surface area contributed by atoms with E-state index in [1.54, 1.807) is 0 Å². The Balaban J connectivity index is 2.08. The summed E-state index contributed by atoms with van der Waals surface area (Å²) in [5.74, 6) is 1.19. The first-order valence-electron chi connectivity index (χ1n) is 6.07. The first-order chi connectivity index (χ1) is 9.06. The third kappa shape index (κ3) is 4.12. The van der Waals surface area contributed by atoms with Gasteiger partial charge in [0.1, 0.15) is 0 Å². The molecule has 0 radical (unpaired) electrons. The Labute approximate surface area is 129 Å². The van der Waals surface area contributed by atoms with Crippen LogP contribution in [0.25, 0.3) is 11.5 Å². The monoisotopic (exact) mass is 387 g/mol. The second-order valence-electron chi connectivity index (χ2n) is 4.48. The van der Waals surface area contributed by atoms with E-state index in [1.807, 2.05) is 18.2 Å². The second kappa shape index (κ2) is 6.63. The number of aromatic nitrogens is 2. The first kappa shape index (κ1) is 14.7. The van der Waals surface area contributed by atoms with Gasteiger partial charge in [-0.2, -0.15) is 0 Å². The van der Waals surface area contributed by atoms with Crippen LogP contribution in [0.2, 0.25) is 0 Å². The van der Waals surface area contributed by atoms with Gasteiger partial charge in [-0.15, -0.1) is 10.2 Å². The van der Waals surface area contributed by atoms with E-state index in [2.05, 4.69) is 61.2 Å². The highest BCUT2D eigenvalue weighted by molar-refractivity contribution is 9.11. The average Bonchev–Trinajstić information content (AvgIpc) is 2.77. The van der Waals surface area contributed by atoms with Gasteiger partial charge in [0.2, 0.25) is 11.8 Å². The van der Waals surface area contributed by atoms with Crippen molar-refractivity contribution in [1.82, 2.24) is 15.5 Å². The Morgan fingerprint density at radius 2 is 2.05 bits per heavy atom. The molecular formula is C13H15Br2N3O. The number of benzene rings is 1. The van der Waals surface area contributed by atoms with Crippen molar-refractivity contribution < 1.29 is 4.42 Å². The van der Waals surface area contributed by atoms with Crippen molar-refractivity contribution in [2.45, 2.75) is 26.3 Å². The Bertz CT molecular complexity index is 555. The molecule has 0 aliphatic heterocycles. The first-order valence-corrected chi connectivity index (χ1v) is 7.66. The largest absolute Gasteiger partial charge is 0.421 e. The van der Waals surface area contributed by atoms with Crippen LogP contribution in [0.4, 0.5) is 0 Å². The van der Waals surface area contributed by atoms with Crippen LogP contribution in [0.5, 0.6) is 0 Å². The highest BCUT2D eigenvalue weighted by Crippen LogP contribution is 2.29. The molecule has 0 unspecified atom stereocenters. The third-order valence-electron chi connectivity index (χ3n) is 2.52. The molecule has 0 spiro atoms. The summed E-state index contributed by atoms with van der Waals surface area (Å²) < 4.78 is 7.60. The molecule has 1 aromatic carbocycles. The zero-order valence-electron chi connectivity index (χ0n) is 10.8. The van der Waals surface area contributed by atoms with Crippen LogP contribution < -0.4 is 5.32 Å². The van der Waals surface area contributed by atoms with E-state index >= 15 is 0 Å². The molecule has 0 bridgehead atoms. The number of halogens is 2. The molecule has 1 heterocycles. The molecule has 0 fully saturated rings. The molecule has 102 valence electrons. The smallest absolute Gasteiger partial charge is 0.248 e. The fourth-order valence-electron chi connectivity index (χ4n) is 1.59. The highest BCUT2D eigenvalue weighted by Gasteiger charge is 2.11. The summed E-state index contributed by atoms with van der Waals surface area (Å²) in [7, 11) is 0. The predicted octanol–water partition coefficient (Wildman–Crippen LogP) is 3.80. The molecule has 0 aliphatic rings. The lowest BCUT2D eigenvalue weighted by Gasteiger charge is -2.04. The van der Waals surface area contributed by atoms with Gasteiger partial charge < -0.3 is 9.73 Å². The summed E-state index contributed by atoms with van der Waals surface area (Å²) >= 11 is 6.91. The average molecular weight is 389 g/mol. The van der Waals surface area contributed by atoms with Crippen LogP contribution in [0, 0.1) is 0 Å². The molecule has 0 atom stereocenters. The molecule has 6 heteroatoms. The van der Waals surface area contributed by atoms with Gasteiger partial charge in [-0.05, 0) is 34.1 Å². The lowest BCUT2D eigenvalue weighted by molar-refractivity contribution is 0.484. The predicted molar refractivity (Wildman–Crippen MR) is 82.0 cm³/mol. The maximum Gasteiger partial charge on any atom is 0.248 e. The van der Waals surface area contributed by atoms with Crippen molar-refractivity contribution in [2.75, 3.05) is 6.54 Å². The molecule has 0 amide bonds. The van der Waals surface area contributed by atoms with E-state index in [-0.39, 0.29) is 0 Å². The lowest BCUT2D eigenvalue weighted by atomic mass is 10.2. The second-order valence-corrected chi connectivity index (χ2v) is 6.25. The van der Waals surface area contributed by atoms with E-state index < -0.39 is 0 Å². The summed E-state index contributed by atoms with van der Waals surface area (Å²) in [6, 6.07) is 6.31. The molecule has 0 saturated carbocycles. The standard InChI is InChI=1S/C13H15Br2N3O/c1-8(2)16-6-5-12-17-18-13(19-12)10-4-3-9(14)7-11(10)15/h3-4,7-8,16H,5-6H2,1-2H3. The number of nitrogens with zero attached hydrogens (tertiary/aromatic N) is 2. The van der Waals surface area contributed by atoms with Crippen molar-refractivity contribution in [2.24, 2.45) is 0 Å². The topological polar surface area (TPSA) is 51.0 Å². The molecule has 0 saturated heterocycles. The minimum absolute atomic E-state index is 0.461. The molecule has 19 heavy (non-hydrogen) atoms. The Morgan fingerprint density at radius 1 is 1.26 bits per heavy atom. The van der Waals surface area contributed by atoms with Crippen molar-refractivity contribution in [3.05, 3.63) is 33.0 Å². The van der Waals surface area contributed by atoms with Gasteiger partial charge in [0.05, 0.1) is 5.56 Å². The minimum Gasteiger partial charge on any atom is -0.421 e. The van der Waals surface area contributed by atoms with E-state index in [1.165, 1.54) is 0 Å². The number of rotatable bonds is 5. The van der Waals surface area contributed by atoms with E-state index in [0.29, 0.717) is 17.8 Å². The van der Waals surface area contributed by atoms with Gasteiger partial charge in [-0.3, -0.25) is 0 Å². The Morgan fingerprint density at radius 3 is 2.74 bits per heavy atom. The van der Waals surface area contributed by atoms with Crippen LogP contribution in [-0.2, 0) is 6.42 Å². The molecular weight excluding hydrogens is 374 g/mol. The highest BCUT2D eigenvalue weighted by atomic mass is 79.9. The van der Waals surface area contributed by atoms with Crippen LogP contribution in [0.1, 0.15) is 19.7 Å². The molecule has 1 N–H and O–H groups in total. The molecule has 2 rings (SSSR count). The third-order valence-corrected chi connectivity index (χ3v) is 3.67. The van der Waals surface area contributed by atoms with Gasteiger partial charge in [-0.1, -0.05) is 29.8 Å². The van der Waals surface area contributed by atoms with Crippen LogP contribution >= 0.6 is 31.9 Å². The van der Waals surface area contributed by atoms with E-state index in [4.69, 9.17) is 4.42 Å². The van der Waals surface area contributed by atoms with E-state index in [0.717, 1.165) is 27.5 Å². The van der Waals surface area contributed by atoms with Crippen molar-refractivity contribution in [3.8, 4) is 11.5 Å². The number of hydrogen-bond donors (Lipinski definition) is 1.